The van der Waals surface area contributed by atoms with Crippen LogP contribution in [0.4, 0.5) is 10.7 Å². The number of aromatic amines is 1. The number of aromatic nitrogens is 5. The number of carboxylic acids is 1. The first kappa shape index (κ1) is 53.2. The first-order chi connectivity index (χ1) is 37.1. The summed E-state index contributed by atoms with van der Waals surface area (Å²) >= 11 is 0. The van der Waals surface area contributed by atoms with Gasteiger partial charge in [0.1, 0.15) is 23.9 Å². The number of aliphatic hydroxyl groups is 1. The summed E-state index contributed by atoms with van der Waals surface area (Å²) in [6.07, 6.45) is 13.4. The summed E-state index contributed by atoms with van der Waals surface area (Å²) in [5.74, 6) is 1.99. The van der Waals surface area contributed by atoms with Gasteiger partial charge in [-0.3, -0.25) is 19.3 Å². The highest BCUT2D eigenvalue weighted by Crippen LogP contribution is 2.39. The number of H-pyrrole nitrogens is 1. The third-order valence-electron chi connectivity index (χ3n) is 16.9. The van der Waals surface area contributed by atoms with E-state index in [1.165, 1.54) is 4.90 Å². The SMILES string of the molecule is C#Cc1ccc(CNC(=O)[C@@H]2C[C@@H](O)CN2C(=O)[C@H](NC(=O)N2CCC(N3CCC(c4cnc(N5CCc6[nH]c7nnc(-c8ccccc8O)cc7c6[C@H]5C)nc4)CC3)CC2)C(C)(C)CCN2CCN[C@H](C(=O)O)C2)cc1. The fourth-order valence-corrected chi connectivity index (χ4v) is 12.2. The lowest BCUT2D eigenvalue weighted by Gasteiger charge is -2.43. The third-order valence-corrected chi connectivity index (χ3v) is 16.9. The van der Waals surface area contributed by atoms with Gasteiger partial charge in [-0.25, -0.2) is 14.8 Å². The highest BCUT2D eigenvalue weighted by atomic mass is 16.4. The van der Waals surface area contributed by atoms with Gasteiger partial charge in [0.15, 0.2) is 5.65 Å². The Bertz CT molecular complexity index is 2980. The molecule has 0 unspecified atom stereocenters. The molecule has 20 heteroatoms. The number of phenols is 1. The lowest BCUT2D eigenvalue weighted by Crippen LogP contribution is -2.61. The number of hydrogen-bond donors (Lipinski definition) is 7. The van der Waals surface area contributed by atoms with Gasteiger partial charge < -0.3 is 55.9 Å². The average Bonchev–Trinajstić information content (AvgIpc) is 4.04. The number of piperidine rings is 2. The third kappa shape index (κ3) is 11.6. The number of urea groups is 1. The lowest BCUT2D eigenvalue weighted by atomic mass is 9.80. The van der Waals surface area contributed by atoms with Crippen molar-refractivity contribution in [3.63, 3.8) is 0 Å². The first-order valence-electron chi connectivity index (χ1n) is 27.2. The molecule has 8 heterocycles. The zero-order valence-corrected chi connectivity index (χ0v) is 44.2. The number of carbonyl (C=O) groups excluding carboxylic acids is 3. The largest absolute Gasteiger partial charge is 0.507 e. The van der Waals surface area contributed by atoms with E-state index in [4.69, 9.17) is 16.4 Å². The molecule has 4 amide bonds. The minimum Gasteiger partial charge on any atom is -0.507 e. The van der Waals surface area contributed by atoms with E-state index in [0.717, 1.165) is 90.7 Å². The molecule has 0 radical (unpaired) electrons. The molecule has 0 saturated carbocycles. The van der Waals surface area contributed by atoms with Crippen molar-refractivity contribution >= 4 is 40.8 Å². The number of piperazine rings is 1. The van der Waals surface area contributed by atoms with Gasteiger partial charge >= 0.3 is 12.0 Å². The van der Waals surface area contributed by atoms with Crippen molar-refractivity contribution in [2.24, 2.45) is 5.41 Å². The number of fused-ring (bicyclic) bond motifs is 3. The topological polar surface area (TPSA) is 249 Å². The molecule has 5 aliphatic rings. The quantitative estimate of drug-likeness (QED) is 0.0777. The maximum atomic E-state index is 14.9. The number of rotatable bonds is 14. The van der Waals surface area contributed by atoms with Crippen molar-refractivity contribution in [3.05, 3.63) is 94.9 Å². The average molecular weight is 1050 g/mol. The van der Waals surface area contributed by atoms with Gasteiger partial charge in [-0.15, -0.1) is 16.6 Å². The molecule has 3 aromatic heterocycles. The molecule has 5 aromatic rings. The standard InChI is InChI=1S/C57H71N13O7/c1-5-36-10-12-37(13-11-36)30-59-52(73)47-28-41(71)33-70(47)53(74)50(57(3,4)19-26-66-27-20-58-46(34-66)54(75)76)63-56(77)68-23-16-40(17-24-68)67-21-14-38(15-22-67)39-31-60-55(61-32-39)69-25-18-44-49(35(69)2)43-29-45(64-65-51(43)62-44)42-8-6-7-9-48(42)72/h1,6-13,29,31-32,35,38,40-41,46-47,50,58,71-72H,14-28,30,33-34H2,2-4H3,(H,59,73)(H,62,65)(H,63,77)(H,75,76)/t35-,41-,46+,47+,50+/m1/s1. The molecule has 2 aromatic carbocycles. The molecular formula is C57H71N13O7. The molecule has 0 bridgehead atoms. The molecule has 0 spiro atoms. The molecule has 5 aliphatic heterocycles. The number of terminal acetylenes is 1. The van der Waals surface area contributed by atoms with Crippen LogP contribution in [0.25, 0.3) is 22.3 Å². The Morgan fingerprint density at radius 2 is 1.68 bits per heavy atom. The van der Waals surface area contributed by atoms with Crippen LogP contribution in [-0.2, 0) is 27.3 Å². The fraction of sp³-hybridized carbons (Fsp3) is 0.509. The molecule has 4 saturated heterocycles. The van der Waals surface area contributed by atoms with Gasteiger partial charge in [0.05, 0.1) is 17.8 Å². The number of aliphatic carboxylic acids is 1. The van der Waals surface area contributed by atoms with Crippen molar-refractivity contribution in [3.8, 4) is 29.4 Å². The Balaban J connectivity index is 0.746. The summed E-state index contributed by atoms with van der Waals surface area (Å²) < 4.78 is 0. The predicted octanol–water partition coefficient (Wildman–Crippen LogP) is 4.00. The number of anilines is 1. The van der Waals surface area contributed by atoms with E-state index in [-0.39, 0.29) is 37.3 Å². The van der Waals surface area contributed by atoms with Crippen molar-refractivity contribution in [1.29, 1.82) is 0 Å². The van der Waals surface area contributed by atoms with Crippen LogP contribution < -0.4 is 20.9 Å². The number of aromatic hydroxyl groups is 1. The summed E-state index contributed by atoms with van der Waals surface area (Å²) in [6.45, 7) is 11.7. The zero-order chi connectivity index (χ0) is 54.0. The van der Waals surface area contributed by atoms with Gasteiger partial charge in [-0.05, 0) is 111 Å². The maximum absolute atomic E-state index is 14.9. The van der Waals surface area contributed by atoms with Gasteiger partial charge in [-0.2, -0.15) is 0 Å². The smallest absolute Gasteiger partial charge is 0.322 e. The minimum absolute atomic E-state index is 0.0195. The van der Waals surface area contributed by atoms with Gasteiger partial charge in [0.25, 0.3) is 0 Å². The first-order valence-corrected chi connectivity index (χ1v) is 27.2. The Hall–Kier alpha value is -7.18. The fourth-order valence-electron chi connectivity index (χ4n) is 12.2. The van der Waals surface area contributed by atoms with Crippen LogP contribution in [0.5, 0.6) is 5.75 Å². The van der Waals surface area contributed by atoms with Crippen LogP contribution in [0.3, 0.4) is 0 Å². The van der Waals surface area contributed by atoms with Crippen LogP contribution in [0.2, 0.25) is 0 Å². The molecular weight excluding hydrogens is 979 g/mol. The summed E-state index contributed by atoms with van der Waals surface area (Å²) in [6, 6.07) is 13.6. The number of amides is 4. The minimum atomic E-state index is -1.04. The summed E-state index contributed by atoms with van der Waals surface area (Å²) in [5, 5.41) is 50.1. The highest BCUT2D eigenvalue weighted by molar-refractivity contribution is 5.93. The lowest BCUT2D eigenvalue weighted by molar-refractivity contribution is -0.142. The number of aliphatic hydroxyl groups excluding tert-OH is 1. The summed E-state index contributed by atoms with van der Waals surface area (Å²) in [4.78, 5) is 78.2. The number of nitrogens with zero attached hydrogens (tertiary/aromatic N) is 9. The zero-order valence-electron chi connectivity index (χ0n) is 44.2. The number of likely N-dealkylation sites (tertiary alicyclic amines) is 3. The van der Waals surface area contributed by atoms with E-state index in [9.17, 15) is 34.5 Å². The van der Waals surface area contributed by atoms with Crippen molar-refractivity contribution in [2.45, 2.75) is 114 Å². The number of para-hydroxylation sites is 1. The molecule has 7 N–H and O–H groups in total. The molecule has 5 atom stereocenters. The normalized spacial score (nSPS) is 22.4. The van der Waals surface area contributed by atoms with E-state index >= 15 is 0 Å². The number of nitrogens with one attached hydrogen (secondary N) is 4. The Morgan fingerprint density at radius 3 is 2.39 bits per heavy atom. The van der Waals surface area contributed by atoms with E-state index in [2.05, 4.69) is 58.7 Å². The Kier molecular flexibility index (Phi) is 15.8. The second-order valence-electron chi connectivity index (χ2n) is 22.2. The number of carbonyl (C=O) groups is 4. The van der Waals surface area contributed by atoms with E-state index in [1.807, 2.05) is 56.6 Å². The summed E-state index contributed by atoms with van der Waals surface area (Å²) in [5.41, 5.74) is 6.08. The molecule has 10 rings (SSSR count). The van der Waals surface area contributed by atoms with Crippen LogP contribution in [0, 0.1) is 17.8 Å². The van der Waals surface area contributed by atoms with Gasteiger partial charge in [0, 0.05) is 111 Å². The predicted molar refractivity (Wildman–Crippen MR) is 290 cm³/mol. The molecule has 20 nitrogen and oxygen atoms in total. The Morgan fingerprint density at radius 1 is 0.935 bits per heavy atom. The van der Waals surface area contributed by atoms with Crippen molar-refractivity contribution in [1.82, 2.24) is 60.7 Å². The number of β-amino-alcohol motifs (C(OH)–C–C–N with tert-alkyl or cyclic N) is 1. The van der Waals surface area contributed by atoms with Gasteiger partial charge in [0.2, 0.25) is 17.8 Å². The van der Waals surface area contributed by atoms with E-state index in [1.54, 1.807) is 29.2 Å². The number of carboxylic acid groups (broad SMARTS) is 1. The van der Waals surface area contributed by atoms with Crippen LogP contribution in [-0.4, -0.2) is 180 Å². The summed E-state index contributed by atoms with van der Waals surface area (Å²) in [7, 11) is 0. The number of phenolic OH excluding ortho intramolecular Hbond substituents is 1. The van der Waals surface area contributed by atoms with Crippen LogP contribution in [0.1, 0.15) is 99.2 Å². The van der Waals surface area contributed by atoms with Crippen molar-refractivity contribution < 1.29 is 34.5 Å². The maximum Gasteiger partial charge on any atom is 0.322 e. The molecule has 0 aliphatic carbocycles. The number of hydrogen-bond acceptors (Lipinski definition) is 14. The van der Waals surface area contributed by atoms with Crippen LogP contribution in [0.15, 0.2) is 67.0 Å². The van der Waals surface area contributed by atoms with E-state index < -0.39 is 47.4 Å². The van der Waals surface area contributed by atoms with Gasteiger partial charge in [-0.1, -0.05) is 44.0 Å². The number of benzene rings is 2. The second kappa shape index (κ2) is 22.8. The molecule has 4 fully saturated rings. The second-order valence-corrected chi connectivity index (χ2v) is 22.2. The van der Waals surface area contributed by atoms with E-state index in [0.29, 0.717) is 74.9 Å². The molecule has 406 valence electrons. The molecule has 77 heavy (non-hydrogen) atoms. The van der Waals surface area contributed by atoms with Crippen molar-refractivity contribution in [2.75, 3.05) is 70.3 Å². The highest BCUT2D eigenvalue weighted by Gasteiger charge is 2.47. The monoisotopic (exact) mass is 1050 g/mol. The van der Waals surface area contributed by atoms with Crippen LogP contribution >= 0.6 is 0 Å². The Labute approximate surface area is 449 Å².